The van der Waals surface area contributed by atoms with Crippen molar-refractivity contribution in [3.05, 3.63) is 28.8 Å². The molecule has 0 spiro atoms. The summed E-state index contributed by atoms with van der Waals surface area (Å²) in [6.07, 6.45) is -0.151. The van der Waals surface area contributed by atoms with Crippen molar-refractivity contribution in [3.63, 3.8) is 0 Å². The molecule has 4 heteroatoms. The van der Waals surface area contributed by atoms with Crippen LogP contribution in [-0.2, 0) is 9.59 Å². The van der Waals surface area contributed by atoms with Crippen molar-refractivity contribution in [2.75, 3.05) is 5.32 Å². The molecular weight excluding hydrogens is 206 g/mol. The van der Waals surface area contributed by atoms with Gasteiger partial charge in [0, 0.05) is 5.69 Å². The first-order valence-electron chi connectivity index (χ1n) is 5.13. The molecule has 2 N–H and O–H groups in total. The van der Waals surface area contributed by atoms with Gasteiger partial charge in [0.2, 0.25) is 5.91 Å². The fourth-order valence-electron chi connectivity index (χ4n) is 2.17. The lowest BCUT2D eigenvalue weighted by atomic mass is 9.94. The molecule has 0 radical (unpaired) electrons. The second kappa shape index (κ2) is 3.63. The third-order valence-corrected chi connectivity index (χ3v) is 2.83. The first-order chi connectivity index (χ1) is 7.49. The van der Waals surface area contributed by atoms with Crippen LogP contribution < -0.4 is 5.32 Å². The van der Waals surface area contributed by atoms with E-state index in [9.17, 15) is 9.59 Å². The average Bonchev–Trinajstić information content (AvgIpc) is 2.45. The largest absolute Gasteiger partial charge is 0.481 e. The monoisotopic (exact) mass is 219 g/mol. The Balaban J connectivity index is 2.47. The number of amides is 1. The second-order valence-electron chi connectivity index (χ2n) is 4.19. The van der Waals surface area contributed by atoms with Crippen LogP contribution in [0.2, 0.25) is 0 Å². The van der Waals surface area contributed by atoms with Crippen LogP contribution in [0, 0.1) is 13.8 Å². The van der Waals surface area contributed by atoms with Gasteiger partial charge in [0.15, 0.2) is 0 Å². The molecule has 0 aromatic heterocycles. The normalized spacial score (nSPS) is 18.1. The topological polar surface area (TPSA) is 66.4 Å². The number of benzene rings is 1. The van der Waals surface area contributed by atoms with Gasteiger partial charge in [-0.05, 0) is 25.0 Å². The number of hydrogen-bond donors (Lipinski definition) is 2. The fraction of sp³-hybridized carbons (Fsp3) is 0.333. The van der Waals surface area contributed by atoms with E-state index in [1.165, 1.54) is 0 Å². The van der Waals surface area contributed by atoms with Gasteiger partial charge < -0.3 is 10.4 Å². The molecule has 1 aromatic rings. The van der Waals surface area contributed by atoms with Gasteiger partial charge in [-0.1, -0.05) is 17.7 Å². The maximum atomic E-state index is 11.7. The Bertz CT molecular complexity index is 479. The van der Waals surface area contributed by atoms with E-state index in [4.69, 9.17) is 5.11 Å². The zero-order chi connectivity index (χ0) is 11.9. The molecule has 4 nitrogen and oxygen atoms in total. The van der Waals surface area contributed by atoms with Gasteiger partial charge in [-0.15, -0.1) is 0 Å². The van der Waals surface area contributed by atoms with Crippen molar-refractivity contribution in [1.29, 1.82) is 0 Å². The number of aryl methyl sites for hydroxylation is 2. The number of anilines is 1. The standard InChI is InChI=1S/C12H13NO3/c1-6-3-7(2)11-8(4-6)9(5-10(14)15)12(16)13-11/h3-4,9H,5H2,1-2H3,(H,13,16)(H,14,15)/t9-/m1/s1. The zero-order valence-corrected chi connectivity index (χ0v) is 9.20. The Hall–Kier alpha value is -1.84. The Labute approximate surface area is 93.3 Å². The summed E-state index contributed by atoms with van der Waals surface area (Å²) in [4.78, 5) is 22.4. The minimum absolute atomic E-state index is 0.151. The van der Waals surface area contributed by atoms with Gasteiger partial charge >= 0.3 is 5.97 Å². The average molecular weight is 219 g/mol. The zero-order valence-electron chi connectivity index (χ0n) is 9.20. The van der Waals surface area contributed by atoms with Gasteiger partial charge in [0.05, 0.1) is 12.3 Å². The van der Waals surface area contributed by atoms with Crippen LogP contribution in [0.4, 0.5) is 5.69 Å². The summed E-state index contributed by atoms with van der Waals surface area (Å²) in [6, 6.07) is 3.86. The highest BCUT2D eigenvalue weighted by molar-refractivity contribution is 6.05. The Kier molecular flexibility index (Phi) is 2.42. The van der Waals surface area contributed by atoms with Crippen LogP contribution in [0.25, 0.3) is 0 Å². The molecule has 1 aliphatic heterocycles. The highest BCUT2D eigenvalue weighted by Gasteiger charge is 2.33. The smallest absolute Gasteiger partial charge is 0.304 e. The van der Waals surface area contributed by atoms with E-state index in [0.29, 0.717) is 0 Å². The van der Waals surface area contributed by atoms with Crippen molar-refractivity contribution < 1.29 is 14.7 Å². The number of carbonyl (C=O) groups excluding carboxylic acids is 1. The lowest BCUT2D eigenvalue weighted by Crippen LogP contribution is -2.15. The van der Waals surface area contributed by atoms with Crippen molar-refractivity contribution >= 4 is 17.6 Å². The number of carboxylic acid groups (broad SMARTS) is 1. The lowest BCUT2D eigenvalue weighted by Gasteiger charge is -2.07. The summed E-state index contributed by atoms with van der Waals surface area (Å²) in [5, 5.41) is 11.5. The van der Waals surface area contributed by atoms with Crippen molar-refractivity contribution in [1.82, 2.24) is 0 Å². The van der Waals surface area contributed by atoms with Crippen LogP contribution in [0.15, 0.2) is 12.1 Å². The Morgan fingerprint density at radius 2 is 2.12 bits per heavy atom. The van der Waals surface area contributed by atoms with E-state index >= 15 is 0 Å². The second-order valence-corrected chi connectivity index (χ2v) is 4.19. The third kappa shape index (κ3) is 1.66. The van der Waals surface area contributed by atoms with Crippen LogP contribution in [0.5, 0.6) is 0 Å². The quantitative estimate of drug-likeness (QED) is 0.797. The van der Waals surface area contributed by atoms with E-state index in [-0.39, 0.29) is 12.3 Å². The molecular formula is C12H13NO3. The first kappa shape index (κ1) is 10.7. The Morgan fingerprint density at radius 3 is 2.75 bits per heavy atom. The molecule has 0 bridgehead atoms. The molecule has 16 heavy (non-hydrogen) atoms. The maximum absolute atomic E-state index is 11.7. The summed E-state index contributed by atoms with van der Waals surface area (Å²) in [7, 11) is 0. The Morgan fingerprint density at radius 1 is 1.44 bits per heavy atom. The van der Waals surface area contributed by atoms with Crippen LogP contribution in [0.3, 0.4) is 0 Å². The highest BCUT2D eigenvalue weighted by Crippen LogP contribution is 2.37. The molecule has 1 heterocycles. The van der Waals surface area contributed by atoms with Gasteiger partial charge in [0.1, 0.15) is 0 Å². The molecule has 2 rings (SSSR count). The summed E-state index contributed by atoms with van der Waals surface area (Å²) in [5.41, 5.74) is 3.62. The van der Waals surface area contributed by atoms with Crippen LogP contribution >= 0.6 is 0 Å². The van der Waals surface area contributed by atoms with E-state index in [2.05, 4.69) is 5.32 Å². The van der Waals surface area contributed by atoms with E-state index in [1.54, 1.807) is 0 Å². The summed E-state index contributed by atoms with van der Waals surface area (Å²) in [5.74, 6) is -1.72. The molecule has 0 fully saturated rings. The maximum Gasteiger partial charge on any atom is 0.304 e. The van der Waals surface area contributed by atoms with Crippen LogP contribution in [-0.4, -0.2) is 17.0 Å². The molecule has 0 unspecified atom stereocenters. The van der Waals surface area contributed by atoms with Gasteiger partial charge in [-0.3, -0.25) is 9.59 Å². The minimum atomic E-state index is -0.952. The van der Waals surface area contributed by atoms with E-state index in [1.807, 2.05) is 26.0 Å². The molecule has 0 aliphatic carbocycles. The van der Waals surface area contributed by atoms with E-state index in [0.717, 1.165) is 22.4 Å². The number of carbonyl (C=O) groups is 2. The van der Waals surface area contributed by atoms with Crippen molar-refractivity contribution in [3.8, 4) is 0 Å². The summed E-state index contributed by atoms with van der Waals surface area (Å²) in [6.45, 7) is 3.85. The minimum Gasteiger partial charge on any atom is -0.481 e. The number of carboxylic acids is 1. The first-order valence-corrected chi connectivity index (χ1v) is 5.13. The molecule has 1 atom stereocenters. The predicted molar refractivity (Wildman–Crippen MR) is 59.5 cm³/mol. The van der Waals surface area contributed by atoms with E-state index < -0.39 is 11.9 Å². The lowest BCUT2D eigenvalue weighted by molar-refractivity contribution is -0.138. The van der Waals surface area contributed by atoms with Crippen LogP contribution in [0.1, 0.15) is 29.0 Å². The molecule has 0 saturated heterocycles. The number of rotatable bonds is 2. The molecule has 0 saturated carbocycles. The van der Waals surface area contributed by atoms with Crippen molar-refractivity contribution in [2.45, 2.75) is 26.2 Å². The number of aliphatic carboxylic acids is 1. The molecule has 84 valence electrons. The van der Waals surface area contributed by atoms with Gasteiger partial charge in [0.25, 0.3) is 0 Å². The molecule has 1 aromatic carbocycles. The SMILES string of the molecule is Cc1cc(C)c2c(c1)[C@@H](CC(=O)O)C(=O)N2. The predicted octanol–water partition coefficient (Wildman–Crippen LogP) is 1.81. The number of nitrogens with one attached hydrogen (secondary N) is 1. The van der Waals surface area contributed by atoms with Crippen molar-refractivity contribution in [2.24, 2.45) is 0 Å². The number of hydrogen-bond acceptors (Lipinski definition) is 2. The third-order valence-electron chi connectivity index (χ3n) is 2.83. The summed E-state index contributed by atoms with van der Waals surface area (Å²) >= 11 is 0. The number of fused-ring (bicyclic) bond motifs is 1. The molecule has 1 aliphatic rings. The summed E-state index contributed by atoms with van der Waals surface area (Å²) < 4.78 is 0. The highest BCUT2D eigenvalue weighted by atomic mass is 16.4. The van der Waals surface area contributed by atoms with Gasteiger partial charge in [-0.2, -0.15) is 0 Å². The van der Waals surface area contributed by atoms with Gasteiger partial charge in [-0.25, -0.2) is 0 Å². The molecule has 1 amide bonds. The fourth-order valence-corrected chi connectivity index (χ4v) is 2.17.